The Morgan fingerprint density at radius 2 is 2.08 bits per heavy atom. The van der Waals surface area contributed by atoms with Gasteiger partial charge in [0.25, 0.3) is 10.2 Å². The van der Waals surface area contributed by atoms with Gasteiger partial charge in [0.05, 0.1) is 6.61 Å². The molecule has 13 heavy (non-hydrogen) atoms. The van der Waals surface area contributed by atoms with Crippen LogP contribution in [0.25, 0.3) is 0 Å². The molecule has 0 aliphatic carbocycles. The van der Waals surface area contributed by atoms with Crippen LogP contribution in [0.4, 0.5) is 0 Å². The van der Waals surface area contributed by atoms with E-state index in [1.807, 2.05) is 11.9 Å². The van der Waals surface area contributed by atoms with E-state index in [1.165, 1.54) is 0 Å². The third kappa shape index (κ3) is 9.71. The number of nitrogens with two attached hydrogens (primary N) is 1. The van der Waals surface area contributed by atoms with Gasteiger partial charge in [-0.3, -0.25) is 0 Å². The van der Waals surface area contributed by atoms with Crippen LogP contribution in [0.5, 0.6) is 0 Å². The predicted octanol–water partition coefficient (Wildman–Crippen LogP) is -1.64. The molecule has 0 fully saturated rings. The van der Waals surface area contributed by atoms with Crippen molar-refractivity contribution in [3.05, 3.63) is 0 Å². The molecule has 0 amide bonds. The summed E-state index contributed by atoms with van der Waals surface area (Å²) in [7, 11) is -0.0479. The molecule has 0 aliphatic rings. The van der Waals surface area contributed by atoms with Crippen molar-refractivity contribution in [2.24, 2.45) is 5.14 Å². The summed E-state index contributed by atoms with van der Waals surface area (Å²) in [6.45, 7) is 2.33. The van der Waals surface area contributed by atoms with Crippen molar-refractivity contribution in [3.8, 4) is 0 Å². The topological polar surface area (TPSA) is 84.7 Å². The first-order valence-corrected chi connectivity index (χ1v) is 5.45. The summed E-state index contributed by atoms with van der Waals surface area (Å²) in [6.07, 6.45) is 0. The molecule has 80 valence electrons. The maximum absolute atomic E-state index is 10.5. The molecule has 0 radical (unpaired) electrons. The molecule has 0 heterocycles. The molecule has 3 N–H and O–H groups in total. The van der Waals surface area contributed by atoms with E-state index in [-0.39, 0.29) is 0 Å². The van der Waals surface area contributed by atoms with Gasteiger partial charge in [-0.2, -0.15) is 8.42 Å². The van der Waals surface area contributed by atoms with Gasteiger partial charge in [-0.1, -0.05) is 0 Å². The number of likely N-dealkylation sites (N-methyl/N-ethyl adjacent to an activating group) is 1. The number of methoxy groups -OCH3 is 1. The number of hydrogen-bond donors (Lipinski definition) is 2. The number of hydrogen-bond acceptors (Lipinski definition) is 4. The van der Waals surface area contributed by atoms with E-state index in [0.717, 1.165) is 6.54 Å². The van der Waals surface area contributed by atoms with E-state index in [4.69, 9.17) is 9.88 Å². The first kappa shape index (κ1) is 12.8. The van der Waals surface area contributed by atoms with Crippen molar-refractivity contribution in [2.75, 3.05) is 40.4 Å². The summed E-state index contributed by atoms with van der Waals surface area (Å²) in [6, 6.07) is 0. The number of ether oxygens (including phenoxy) is 1. The molecule has 0 unspecified atom stereocenters. The standard InChI is InChI=1S/C6H17N3O3S/c1-9(5-6-12-2)4-3-8-13(7,10)11/h8H,3-6H2,1-2H3,(H2,7,10,11). The molecule has 0 aliphatic heterocycles. The van der Waals surface area contributed by atoms with Gasteiger partial charge in [0.15, 0.2) is 0 Å². The number of nitrogens with one attached hydrogen (secondary N) is 1. The average Bonchev–Trinajstić information content (AvgIpc) is 1.98. The van der Waals surface area contributed by atoms with Gasteiger partial charge >= 0.3 is 0 Å². The summed E-state index contributed by atoms with van der Waals surface area (Å²) in [4.78, 5) is 1.95. The molecule has 6 nitrogen and oxygen atoms in total. The van der Waals surface area contributed by atoms with E-state index in [2.05, 4.69) is 4.72 Å². The van der Waals surface area contributed by atoms with Crippen molar-refractivity contribution < 1.29 is 13.2 Å². The summed E-state index contributed by atoms with van der Waals surface area (Å²) >= 11 is 0. The molecule has 0 aromatic carbocycles. The fourth-order valence-electron chi connectivity index (χ4n) is 0.738. The third-order valence-corrected chi connectivity index (χ3v) is 2.08. The summed E-state index contributed by atoms with van der Waals surface area (Å²) in [5.74, 6) is 0. The second-order valence-electron chi connectivity index (χ2n) is 2.74. The Bertz CT molecular complexity index is 217. The van der Waals surface area contributed by atoms with Crippen LogP contribution in [0.1, 0.15) is 0 Å². The lowest BCUT2D eigenvalue weighted by Gasteiger charge is -2.15. The quantitative estimate of drug-likeness (QED) is 0.529. The minimum atomic E-state index is -3.55. The third-order valence-electron chi connectivity index (χ3n) is 1.47. The van der Waals surface area contributed by atoms with Gasteiger partial charge in [-0.25, -0.2) is 9.86 Å². The molecule has 0 saturated carbocycles. The molecule has 0 rings (SSSR count). The van der Waals surface area contributed by atoms with Crippen LogP contribution in [-0.2, 0) is 14.9 Å². The second kappa shape index (κ2) is 6.28. The Balaban J connectivity index is 3.42. The molecular formula is C6H17N3O3S. The predicted molar refractivity (Wildman–Crippen MR) is 50.5 cm³/mol. The van der Waals surface area contributed by atoms with Crippen LogP contribution >= 0.6 is 0 Å². The van der Waals surface area contributed by atoms with Gasteiger partial charge < -0.3 is 9.64 Å². The van der Waals surface area contributed by atoms with Crippen molar-refractivity contribution in [1.82, 2.24) is 9.62 Å². The lowest BCUT2D eigenvalue weighted by molar-refractivity contribution is 0.162. The number of nitrogens with zero attached hydrogens (tertiary/aromatic N) is 1. The van der Waals surface area contributed by atoms with Gasteiger partial charge in [0, 0.05) is 26.7 Å². The Hall–Kier alpha value is -0.210. The smallest absolute Gasteiger partial charge is 0.274 e. The average molecular weight is 211 g/mol. The Labute approximate surface area is 79.2 Å². The van der Waals surface area contributed by atoms with Crippen LogP contribution in [0.2, 0.25) is 0 Å². The highest BCUT2D eigenvalue weighted by atomic mass is 32.2. The lowest BCUT2D eigenvalue weighted by atomic mass is 10.5. The highest BCUT2D eigenvalue weighted by Gasteiger charge is 2.01. The molecule has 0 spiro atoms. The zero-order chi connectivity index (χ0) is 10.3. The van der Waals surface area contributed by atoms with Crippen molar-refractivity contribution in [2.45, 2.75) is 0 Å². The highest BCUT2D eigenvalue weighted by molar-refractivity contribution is 7.87. The Morgan fingerprint density at radius 1 is 1.46 bits per heavy atom. The van der Waals surface area contributed by atoms with E-state index in [0.29, 0.717) is 19.7 Å². The minimum Gasteiger partial charge on any atom is -0.383 e. The molecule has 0 saturated heterocycles. The van der Waals surface area contributed by atoms with Crippen LogP contribution in [0.3, 0.4) is 0 Å². The molecular weight excluding hydrogens is 194 g/mol. The normalized spacial score (nSPS) is 12.3. The highest BCUT2D eigenvalue weighted by Crippen LogP contribution is 1.81. The van der Waals surface area contributed by atoms with Crippen LogP contribution in [0, 0.1) is 0 Å². The van der Waals surface area contributed by atoms with Crippen molar-refractivity contribution >= 4 is 10.2 Å². The SMILES string of the molecule is COCCN(C)CCNS(N)(=O)=O. The number of rotatable bonds is 7. The van der Waals surface area contributed by atoms with E-state index in [1.54, 1.807) is 7.11 Å². The van der Waals surface area contributed by atoms with Crippen LogP contribution in [-0.4, -0.2) is 53.7 Å². The molecule has 7 heteroatoms. The lowest BCUT2D eigenvalue weighted by Crippen LogP contribution is -2.37. The summed E-state index contributed by atoms with van der Waals surface area (Å²) in [5, 5.41) is 4.74. The largest absolute Gasteiger partial charge is 0.383 e. The summed E-state index contributed by atoms with van der Waals surface area (Å²) in [5.41, 5.74) is 0. The van der Waals surface area contributed by atoms with Crippen molar-refractivity contribution in [3.63, 3.8) is 0 Å². The van der Waals surface area contributed by atoms with E-state index < -0.39 is 10.2 Å². The van der Waals surface area contributed by atoms with Gasteiger partial charge in [0.1, 0.15) is 0 Å². The fraction of sp³-hybridized carbons (Fsp3) is 1.00. The Kier molecular flexibility index (Phi) is 6.17. The van der Waals surface area contributed by atoms with Crippen LogP contribution < -0.4 is 9.86 Å². The minimum absolute atomic E-state index is 0.318. The molecule has 0 aromatic heterocycles. The summed E-state index contributed by atoms with van der Waals surface area (Å²) < 4.78 is 28.0. The molecule has 0 atom stereocenters. The maximum atomic E-state index is 10.5. The van der Waals surface area contributed by atoms with Crippen LogP contribution in [0.15, 0.2) is 0 Å². The van der Waals surface area contributed by atoms with Gasteiger partial charge in [0.2, 0.25) is 0 Å². The van der Waals surface area contributed by atoms with E-state index >= 15 is 0 Å². The van der Waals surface area contributed by atoms with Crippen molar-refractivity contribution in [1.29, 1.82) is 0 Å². The zero-order valence-electron chi connectivity index (χ0n) is 7.99. The van der Waals surface area contributed by atoms with E-state index in [9.17, 15) is 8.42 Å². The zero-order valence-corrected chi connectivity index (χ0v) is 8.80. The van der Waals surface area contributed by atoms with Gasteiger partial charge in [-0.15, -0.1) is 0 Å². The first-order chi connectivity index (χ1) is 5.95. The fourth-order valence-corrected chi connectivity index (χ4v) is 1.11. The first-order valence-electron chi connectivity index (χ1n) is 3.90. The van der Waals surface area contributed by atoms with Gasteiger partial charge in [-0.05, 0) is 7.05 Å². The second-order valence-corrected chi connectivity index (χ2v) is 4.11. The molecule has 0 aromatic rings. The molecule has 0 bridgehead atoms. The monoisotopic (exact) mass is 211 g/mol. The maximum Gasteiger partial charge on any atom is 0.274 e. The Morgan fingerprint density at radius 3 is 2.54 bits per heavy atom.